The fourth-order valence-corrected chi connectivity index (χ4v) is 1.73. The van der Waals surface area contributed by atoms with E-state index in [1.54, 1.807) is 4.68 Å². The van der Waals surface area contributed by atoms with Crippen LogP contribution in [-0.2, 0) is 24.8 Å². The largest absolute Gasteiger partial charge is 0.453 e. The molecule has 1 aromatic rings. The molecule has 2 rings (SSSR count). The van der Waals surface area contributed by atoms with Gasteiger partial charge in [-0.25, -0.2) is 4.79 Å². The standard InChI is InChI=1S/C9H14N4O2/c1-13-8(11-9(14)15-2)6-5-10-4-3-7(6)12-13/h10H,3-5H2,1-2H3,(H,11,14). The van der Waals surface area contributed by atoms with Gasteiger partial charge in [-0.05, 0) is 0 Å². The van der Waals surface area contributed by atoms with Gasteiger partial charge >= 0.3 is 6.09 Å². The van der Waals surface area contributed by atoms with E-state index in [0.29, 0.717) is 5.82 Å². The van der Waals surface area contributed by atoms with Crippen molar-refractivity contribution in [1.82, 2.24) is 15.1 Å². The highest BCUT2D eigenvalue weighted by Gasteiger charge is 2.20. The minimum atomic E-state index is -0.466. The number of nitrogens with one attached hydrogen (secondary N) is 2. The number of hydrogen-bond acceptors (Lipinski definition) is 4. The molecule has 0 saturated heterocycles. The molecule has 0 spiro atoms. The summed E-state index contributed by atoms with van der Waals surface area (Å²) in [6.45, 7) is 1.67. The summed E-state index contributed by atoms with van der Waals surface area (Å²) < 4.78 is 6.23. The van der Waals surface area contributed by atoms with Crippen LogP contribution >= 0.6 is 0 Å². The SMILES string of the molecule is COC(=O)Nc1c2c(nn1C)CCNC2. The summed E-state index contributed by atoms with van der Waals surface area (Å²) in [4.78, 5) is 11.1. The zero-order chi connectivity index (χ0) is 10.8. The molecule has 0 fully saturated rings. The Kier molecular flexibility index (Phi) is 2.59. The van der Waals surface area contributed by atoms with E-state index in [1.807, 2.05) is 7.05 Å². The number of ether oxygens (including phenoxy) is 1. The van der Waals surface area contributed by atoms with E-state index >= 15 is 0 Å². The molecule has 15 heavy (non-hydrogen) atoms. The normalized spacial score (nSPS) is 14.5. The van der Waals surface area contributed by atoms with Crippen molar-refractivity contribution in [2.45, 2.75) is 13.0 Å². The molecule has 0 saturated carbocycles. The monoisotopic (exact) mass is 210 g/mol. The first-order chi connectivity index (χ1) is 7.22. The number of rotatable bonds is 1. The van der Waals surface area contributed by atoms with E-state index in [1.165, 1.54) is 7.11 Å². The molecule has 6 heteroatoms. The Morgan fingerprint density at radius 1 is 1.67 bits per heavy atom. The molecule has 0 aromatic carbocycles. The number of hydrogen-bond donors (Lipinski definition) is 2. The molecule has 0 radical (unpaired) electrons. The lowest BCUT2D eigenvalue weighted by Gasteiger charge is -2.12. The molecule has 1 aromatic heterocycles. The smallest absolute Gasteiger partial charge is 0.412 e. The van der Waals surface area contributed by atoms with Gasteiger partial charge in [0.1, 0.15) is 5.82 Å². The van der Waals surface area contributed by atoms with Crippen molar-refractivity contribution < 1.29 is 9.53 Å². The van der Waals surface area contributed by atoms with Gasteiger partial charge in [0.2, 0.25) is 0 Å². The van der Waals surface area contributed by atoms with Crippen LogP contribution in [0.3, 0.4) is 0 Å². The van der Waals surface area contributed by atoms with Crippen LogP contribution < -0.4 is 10.6 Å². The number of nitrogens with zero attached hydrogens (tertiary/aromatic N) is 2. The van der Waals surface area contributed by atoms with E-state index in [-0.39, 0.29) is 0 Å². The van der Waals surface area contributed by atoms with Crippen molar-refractivity contribution in [1.29, 1.82) is 0 Å². The van der Waals surface area contributed by atoms with Crippen LogP contribution in [0.4, 0.5) is 10.6 Å². The van der Waals surface area contributed by atoms with Gasteiger partial charge in [0, 0.05) is 32.1 Å². The van der Waals surface area contributed by atoms with Crippen LogP contribution in [0.25, 0.3) is 0 Å². The lowest BCUT2D eigenvalue weighted by atomic mass is 10.1. The maximum absolute atomic E-state index is 11.1. The Balaban J connectivity index is 2.29. The molecule has 0 unspecified atom stereocenters. The highest BCUT2D eigenvalue weighted by molar-refractivity contribution is 5.84. The lowest BCUT2D eigenvalue weighted by Crippen LogP contribution is -2.24. The van der Waals surface area contributed by atoms with Crippen molar-refractivity contribution in [3.8, 4) is 0 Å². The molecule has 0 aliphatic carbocycles. The Labute approximate surface area is 87.6 Å². The summed E-state index contributed by atoms with van der Waals surface area (Å²) in [6, 6.07) is 0. The van der Waals surface area contributed by atoms with Gasteiger partial charge in [0.15, 0.2) is 0 Å². The minimum Gasteiger partial charge on any atom is -0.453 e. The maximum Gasteiger partial charge on any atom is 0.412 e. The third-order valence-corrected chi connectivity index (χ3v) is 2.47. The van der Waals surface area contributed by atoms with E-state index in [0.717, 1.165) is 30.8 Å². The summed E-state index contributed by atoms with van der Waals surface area (Å²) >= 11 is 0. The summed E-state index contributed by atoms with van der Waals surface area (Å²) in [5.74, 6) is 0.712. The molecule has 2 N–H and O–H groups in total. The Morgan fingerprint density at radius 2 is 2.47 bits per heavy atom. The Morgan fingerprint density at radius 3 is 3.20 bits per heavy atom. The van der Waals surface area contributed by atoms with E-state index < -0.39 is 6.09 Å². The predicted octanol–water partition coefficient (Wildman–Crippen LogP) is 0.244. The van der Waals surface area contributed by atoms with Crippen molar-refractivity contribution in [3.05, 3.63) is 11.3 Å². The van der Waals surface area contributed by atoms with Crippen LogP contribution in [0.1, 0.15) is 11.3 Å². The first-order valence-electron chi connectivity index (χ1n) is 4.83. The number of fused-ring (bicyclic) bond motifs is 1. The number of carbonyl (C=O) groups excluding carboxylic acids is 1. The summed E-state index contributed by atoms with van der Waals surface area (Å²) in [5.41, 5.74) is 2.09. The molecule has 2 heterocycles. The van der Waals surface area contributed by atoms with Gasteiger partial charge in [-0.15, -0.1) is 0 Å². The predicted molar refractivity (Wildman–Crippen MR) is 54.6 cm³/mol. The molecular formula is C9H14N4O2. The van der Waals surface area contributed by atoms with Crippen molar-refractivity contribution in [2.75, 3.05) is 19.0 Å². The molecular weight excluding hydrogens is 196 g/mol. The maximum atomic E-state index is 11.1. The van der Waals surface area contributed by atoms with Crippen LogP contribution in [0.2, 0.25) is 0 Å². The molecule has 0 atom stereocenters. The second-order valence-corrected chi connectivity index (χ2v) is 3.44. The topological polar surface area (TPSA) is 68.2 Å². The second-order valence-electron chi connectivity index (χ2n) is 3.44. The van der Waals surface area contributed by atoms with Gasteiger partial charge in [0.25, 0.3) is 0 Å². The molecule has 1 aliphatic rings. The van der Waals surface area contributed by atoms with E-state index in [4.69, 9.17) is 0 Å². The van der Waals surface area contributed by atoms with Crippen LogP contribution in [0.5, 0.6) is 0 Å². The zero-order valence-electron chi connectivity index (χ0n) is 8.83. The van der Waals surface area contributed by atoms with Crippen molar-refractivity contribution in [2.24, 2.45) is 7.05 Å². The number of aryl methyl sites for hydroxylation is 1. The van der Waals surface area contributed by atoms with Gasteiger partial charge in [-0.3, -0.25) is 10.00 Å². The van der Waals surface area contributed by atoms with E-state index in [9.17, 15) is 4.79 Å². The first kappa shape index (κ1) is 9.97. The highest BCUT2D eigenvalue weighted by Crippen LogP contribution is 2.21. The third-order valence-electron chi connectivity index (χ3n) is 2.47. The number of anilines is 1. The molecule has 1 amide bonds. The first-order valence-corrected chi connectivity index (χ1v) is 4.83. The van der Waals surface area contributed by atoms with Crippen LogP contribution in [0, 0.1) is 0 Å². The quantitative estimate of drug-likeness (QED) is 0.697. The fourth-order valence-electron chi connectivity index (χ4n) is 1.73. The molecule has 0 bridgehead atoms. The number of amides is 1. The van der Waals surface area contributed by atoms with Gasteiger partial charge in [-0.1, -0.05) is 0 Å². The highest BCUT2D eigenvalue weighted by atomic mass is 16.5. The average Bonchev–Trinajstić information content (AvgIpc) is 2.55. The molecule has 82 valence electrons. The Hall–Kier alpha value is -1.56. The van der Waals surface area contributed by atoms with Gasteiger partial charge < -0.3 is 10.1 Å². The number of methoxy groups -OCH3 is 1. The van der Waals surface area contributed by atoms with Crippen molar-refractivity contribution >= 4 is 11.9 Å². The third kappa shape index (κ3) is 1.80. The summed E-state index contributed by atoms with van der Waals surface area (Å²) in [6.07, 6.45) is 0.429. The zero-order valence-corrected chi connectivity index (χ0v) is 8.83. The van der Waals surface area contributed by atoms with E-state index in [2.05, 4.69) is 20.5 Å². The second kappa shape index (κ2) is 3.90. The lowest BCUT2D eigenvalue weighted by molar-refractivity contribution is 0.186. The molecule has 6 nitrogen and oxygen atoms in total. The van der Waals surface area contributed by atoms with Gasteiger partial charge in [-0.2, -0.15) is 5.10 Å². The Bertz CT molecular complexity index is 386. The van der Waals surface area contributed by atoms with Crippen LogP contribution in [0.15, 0.2) is 0 Å². The fraction of sp³-hybridized carbons (Fsp3) is 0.556. The van der Waals surface area contributed by atoms with Crippen molar-refractivity contribution in [3.63, 3.8) is 0 Å². The summed E-state index contributed by atoms with van der Waals surface area (Å²) in [7, 11) is 3.15. The average molecular weight is 210 g/mol. The van der Waals surface area contributed by atoms with Crippen LogP contribution in [-0.4, -0.2) is 29.5 Å². The minimum absolute atomic E-state index is 0.466. The summed E-state index contributed by atoms with van der Waals surface area (Å²) in [5, 5.41) is 10.3. The molecule has 1 aliphatic heterocycles. The number of carbonyl (C=O) groups is 1. The van der Waals surface area contributed by atoms with Gasteiger partial charge in [0.05, 0.1) is 12.8 Å². The number of aromatic nitrogens is 2.